The zero-order valence-corrected chi connectivity index (χ0v) is 12.5. The predicted molar refractivity (Wildman–Crippen MR) is 79.2 cm³/mol. The van der Waals surface area contributed by atoms with Crippen molar-refractivity contribution < 1.29 is 18.4 Å². The van der Waals surface area contributed by atoms with Gasteiger partial charge in [0.15, 0.2) is 9.84 Å². The molecule has 1 aromatic carbocycles. The molecule has 1 aliphatic rings. The fourth-order valence-electron chi connectivity index (χ4n) is 2.39. The summed E-state index contributed by atoms with van der Waals surface area (Å²) in [5.41, 5.74) is 0.766. The highest BCUT2D eigenvalue weighted by atomic mass is 32.2. The van der Waals surface area contributed by atoms with Crippen LogP contribution in [0.25, 0.3) is 0 Å². The van der Waals surface area contributed by atoms with Crippen molar-refractivity contribution in [1.29, 1.82) is 0 Å². The van der Waals surface area contributed by atoms with Gasteiger partial charge in [-0.2, -0.15) is 0 Å². The van der Waals surface area contributed by atoms with Gasteiger partial charge in [-0.05, 0) is 25.0 Å². The maximum Gasteiger partial charge on any atom is 0.292 e. The maximum absolute atomic E-state index is 11.6. The minimum absolute atomic E-state index is 0.00229. The molecule has 1 saturated heterocycles. The Balaban J connectivity index is 2.36. The summed E-state index contributed by atoms with van der Waals surface area (Å²) in [7, 11) is -3.07. The zero-order chi connectivity index (χ0) is 15.6. The molecule has 0 saturated carbocycles. The average Bonchev–Trinajstić information content (AvgIpc) is 2.59. The van der Waals surface area contributed by atoms with Gasteiger partial charge in [0.1, 0.15) is 5.69 Å². The molecule has 21 heavy (non-hydrogen) atoms. The number of benzene rings is 1. The summed E-state index contributed by atoms with van der Waals surface area (Å²) in [5.74, 6) is 0.116. The third-order valence-electron chi connectivity index (χ3n) is 3.57. The summed E-state index contributed by atoms with van der Waals surface area (Å²) in [5, 5.41) is 20.8. The number of nitro groups is 1. The van der Waals surface area contributed by atoms with Crippen molar-refractivity contribution in [1.82, 2.24) is 0 Å². The van der Waals surface area contributed by atoms with E-state index in [0.717, 1.165) is 0 Å². The van der Waals surface area contributed by atoms with E-state index in [9.17, 15) is 23.6 Å². The Labute approximate surface area is 123 Å². The van der Waals surface area contributed by atoms with Gasteiger partial charge in [0.05, 0.1) is 22.5 Å². The third kappa shape index (κ3) is 3.70. The Kier molecular flexibility index (Phi) is 4.48. The van der Waals surface area contributed by atoms with E-state index in [1.165, 1.54) is 13.0 Å². The average molecular weight is 314 g/mol. The molecule has 0 bridgehead atoms. The molecule has 0 unspecified atom stereocenters. The molecule has 0 radical (unpaired) electrons. The van der Waals surface area contributed by atoms with Gasteiger partial charge >= 0.3 is 0 Å². The minimum atomic E-state index is -3.07. The highest BCUT2D eigenvalue weighted by molar-refractivity contribution is 7.91. The third-order valence-corrected chi connectivity index (χ3v) is 5.29. The second kappa shape index (κ2) is 5.98. The van der Waals surface area contributed by atoms with Crippen LogP contribution in [-0.2, 0) is 9.84 Å². The Hall–Kier alpha value is -1.67. The van der Waals surface area contributed by atoms with Crippen LogP contribution in [0.15, 0.2) is 18.2 Å². The number of hydrogen-bond acceptors (Lipinski definition) is 6. The fourth-order valence-corrected chi connectivity index (χ4v) is 3.66. The van der Waals surface area contributed by atoms with Crippen molar-refractivity contribution in [3.63, 3.8) is 0 Å². The molecule has 1 aromatic rings. The first-order chi connectivity index (χ1) is 9.80. The van der Waals surface area contributed by atoms with Crippen LogP contribution in [0, 0.1) is 10.1 Å². The van der Waals surface area contributed by atoms with Crippen molar-refractivity contribution >= 4 is 21.2 Å². The summed E-state index contributed by atoms with van der Waals surface area (Å²) in [6, 6.07) is 4.56. The lowest BCUT2D eigenvalue weighted by atomic mass is 10.1. The van der Waals surface area contributed by atoms with Gasteiger partial charge in [-0.25, -0.2) is 8.42 Å². The highest BCUT2D eigenvalue weighted by Crippen LogP contribution is 2.32. The van der Waals surface area contributed by atoms with Gasteiger partial charge in [0.25, 0.3) is 5.69 Å². The molecular weight excluding hydrogens is 296 g/mol. The molecule has 2 rings (SSSR count). The van der Waals surface area contributed by atoms with Crippen LogP contribution in [0.5, 0.6) is 0 Å². The van der Waals surface area contributed by atoms with E-state index in [2.05, 4.69) is 0 Å². The molecule has 1 atom stereocenters. The lowest BCUT2D eigenvalue weighted by molar-refractivity contribution is -0.384. The first-order valence-corrected chi connectivity index (χ1v) is 8.54. The Morgan fingerprint density at radius 3 is 2.67 bits per heavy atom. The summed E-state index contributed by atoms with van der Waals surface area (Å²) < 4.78 is 23.2. The molecule has 0 aliphatic carbocycles. The van der Waals surface area contributed by atoms with Gasteiger partial charge in [-0.3, -0.25) is 10.1 Å². The van der Waals surface area contributed by atoms with E-state index in [1.54, 1.807) is 17.0 Å². The lowest BCUT2D eigenvalue weighted by Gasteiger charge is -2.22. The molecule has 1 heterocycles. The van der Waals surface area contributed by atoms with Gasteiger partial charge < -0.3 is 10.0 Å². The van der Waals surface area contributed by atoms with Crippen LogP contribution in [0.1, 0.15) is 25.0 Å². The van der Waals surface area contributed by atoms with Crippen molar-refractivity contribution in [2.75, 3.05) is 29.5 Å². The van der Waals surface area contributed by atoms with Crippen LogP contribution >= 0.6 is 0 Å². The summed E-state index contributed by atoms with van der Waals surface area (Å²) in [6.07, 6.45) is -0.334. The van der Waals surface area contributed by atoms with Gasteiger partial charge in [-0.1, -0.05) is 6.07 Å². The van der Waals surface area contributed by atoms with Gasteiger partial charge in [0.2, 0.25) is 0 Å². The van der Waals surface area contributed by atoms with E-state index < -0.39 is 20.9 Å². The SMILES string of the molecule is C[C@@H](O)c1ccc(N2CCCS(=O)(=O)CC2)c([N+](=O)[O-])c1. The number of anilines is 1. The van der Waals surface area contributed by atoms with E-state index >= 15 is 0 Å². The number of rotatable bonds is 3. The molecule has 0 amide bonds. The summed E-state index contributed by atoms with van der Waals surface area (Å²) in [6.45, 7) is 2.25. The zero-order valence-electron chi connectivity index (χ0n) is 11.7. The molecule has 1 N–H and O–H groups in total. The molecule has 1 fully saturated rings. The minimum Gasteiger partial charge on any atom is -0.389 e. The van der Waals surface area contributed by atoms with E-state index in [0.29, 0.717) is 24.2 Å². The van der Waals surface area contributed by atoms with E-state index in [1.807, 2.05) is 0 Å². The number of aliphatic hydroxyl groups excluding tert-OH is 1. The van der Waals surface area contributed by atoms with Crippen LogP contribution in [0.2, 0.25) is 0 Å². The van der Waals surface area contributed by atoms with Crippen molar-refractivity contribution in [3.8, 4) is 0 Å². The number of aliphatic hydroxyl groups is 1. The Morgan fingerprint density at radius 2 is 2.05 bits per heavy atom. The van der Waals surface area contributed by atoms with Crippen molar-refractivity contribution in [2.24, 2.45) is 0 Å². The van der Waals surface area contributed by atoms with E-state index in [4.69, 9.17) is 0 Å². The summed E-state index contributed by atoms with van der Waals surface area (Å²) in [4.78, 5) is 12.5. The normalized spacial score (nSPS) is 19.8. The summed E-state index contributed by atoms with van der Waals surface area (Å²) >= 11 is 0. The molecule has 8 heteroatoms. The number of nitro benzene ring substituents is 1. The van der Waals surface area contributed by atoms with Crippen molar-refractivity contribution in [2.45, 2.75) is 19.4 Å². The highest BCUT2D eigenvalue weighted by Gasteiger charge is 2.25. The van der Waals surface area contributed by atoms with Crippen LogP contribution in [0.4, 0.5) is 11.4 Å². The van der Waals surface area contributed by atoms with Crippen LogP contribution in [-0.4, -0.2) is 43.0 Å². The second-order valence-electron chi connectivity index (χ2n) is 5.17. The fraction of sp³-hybridized carbons (Fsp3) is 0.538. The molecule has 116 valence electrons. The van der Waals surface area contributed by atoms with Gasteiger partial charge in [0, 0.05) is 19.2 Å². The predicted octanol–water partition coefficient (Wildman–Crippen LogP) is 1.27. The Bertz CT molecular complexity index is 642. The van der Waals surface area contributed by atoms with Crippen LogP contribution in [0.3, 0.4) is 0 Å². The monoisotopic (exact) mass is 314 g/mol. The standard InChI is InChI=1S/C13H18N2O5S/c1-10(16)11-3-4-12(13(9-11)15(17)18)14-5-2-7-21(19,20)8-6-14/h3-4,9-10,16H,2,5-8H2,1H3/t10-/m1/s1. The number of nitrogens with zero attached hydrogens (tertiary/aromatic N) is 2. The largest absolute Gasteiger partial charge is 0.389 e. The molecule has 1 aliphatic heterocycles. The number of sulfone groups is 1. The Morgan fingerprint density at radius 1 is 1.33 bits per heavy atom. The van der Waals surface area contributed by atoms with Gasteiger partial charge in [-0.15, -0.1) is 0 Å². The quantitative estimate of drug-likeness (QED) is 0.666. The lowest BCUT2D eigenvalue weighted by Crippen LogP contribution is -2.27. The first kappa shape index (κ1) is 15.7. The topological polar surface area (TPSA) is 101 Å². The molecule has 0 spiro atoms. The number of hydrogen-bond donors (Lipinski definition) is 1. The smallest absolute Gasteiger partial charge is 0.292 e. The molecule has 7 nitrogen and oxygen atoms in total. The molecular formula is C13H18N2O5S. The van der Waals surface area contributed by atoms with Crippen LogP contribution < -0.4 is 4.90 Å². The first-order valence-electron chi connectivity index (χ1n) is 6.72. The molecule has 0 aromatic heterocycles. The van der Waals surface area contributed by atoms with Crippen molar-refractivity contribution in [3.05, 3.63) is 33.9 Å². The second-order valence-corrected chi connectivity index (χ2v) is 7.48. The maximum atomic E-state index is 11.6. The van der Waals surface area contributed by atoms with E-state index in [-0.39, 0.29) is 23.7 Å².